The molecule has 1 aliphatic carbocycles. The Bertz CT molecular complexity index is 828. The molecular formula is C22H22F3N. The predicted molar refractivity (Wildman–Crippen MR) is 95.5 cm³/mol. The molecule has 0 saturated heterocycles. The second-order valence-corrected chi connectivity index (χ2v) is 7.05. The molecule has 4 heteroatoms. The number of hydrogen-bond donors (Lipinski definition) is 0. The van der Waals surface area contributed by atoms with Crippen LogP contribution in [0.25, 0.3) is 0 Å². The Kier molecular flexibility index (Phi) is 5.66. The van der Waals surface area contributed by atoms with Crippen LogP contribution in [0.2, 0.25) is 0 Å². The van der Waals surface area contributed by atoms with Crippen LogP contribution in [-0.4, -0.2) is 0 Å². The molecule has 2 aromatic rings. The molecule has 2 aromatic carbocycles. The molecular weight excluding hydrogens is 335 g/mol. The van der Waals surface area contributed by atoms with Crippen LogP contribution in [-0.2, 0) is 19.3 Å². The molecule has 26 heavy (non-hydrogen) atoms. The molecule has 0 spiro atoms. The molecule has 0 aliphatic heterocycles. The van der Waals surface area contributed by atoms with Crippen molar-refractivity contribution in [3.63, 3.8) is 0 Å². The monoisotopic (exact) mass is 357 g/mol. The summed E-state index contributed by atoms with van der Waals surface area (Å²) in [6.45, 7) is 2.09. The van der Waals surface area contributed by atoms with Crippen LogP contribution in [0.5, 0.6) is 0 Å². The fraction of sp³-hybridized carbons (Fsp3) is 0.409. The molecule has 1 nitrogen and oxygen atoms in total. The van der Waals surface area contributed by atoms with Crippen LogP contribution < -0.4 is 0 Å². The number of halogens is 3. The summed E-state index contributed by atoms with van der Waals surface area (Å²) in [7, 11) is 0. The zero-order valence-electron chi connectivity index (χ0n) is 14.9. The van der Waals surface area contributed by atoms with E-state index in [1.54, 1.807) is 6.07 Å². The molecule has 136 valence electrons. The number of unbranched alkanes of at least 4 members (excludes halogenated alkanes) is 2. The van der Waals surface area contributed by atoms with Gasteiger partial charge in [-0.3, -0.25) is 0 Å². The standard InChI is InChI=1S/C22H22F3N/c1-2-3-4-5-14-10-19(23)21(20(24)11-14)16-8-9-18-15(12-16)6-7-17(13-26)22(18)25/h6-7,10-11,16H,2-5,8-9,12H2,1H3. The molecule has 0 amide bonds. The molecule has 3 rings (SSSR count). The first-order valence-corrected chi connectivity index (χ1v) is 9.23. The van der Waals surface area contributed by atoms with E-state index in [1.165, 1.54) is 18.2 Å². The van der Waals surface area contributed by atoms with Crippen LogP contribution in [0.1, 0.15) is 66.3 Å². The summed E-state index contributed by atoms with van der Waals surface area (Å²) in [6, 6.07) is 7.88. The van der Waals surface area contributed by atoms with Crippen molar-refractivity contribution in [2.45, 2.75) is 57.8 Å². The minimum Gasteiger partial charge on any atom is -0.207 e. The van der Waals surface area contributed by atoms with Gasteiger partial charge in [0.2, 0.25) is 0 Å². The first-order valence-electron chi connectivity index (χ1n) is 9.23. The number of fused-ring (bicyclic) bond motifs is 1. The summed E-state index contributed by atoms with van der Waals surface area (Å²) in [5, 5.41) is 8.94. The molecule has 0 fully saturated rings. The summed E-state index contributed by atoms with van der Waals surface area (Å²) in [6.07, 6.45) is 4.96. The Labute approximate surface area is 152 Å². The van der Waals surface area contributed by atoms with Gasteiger partial charge in [-0.15, -0.1) is 0 Å². The van der Waals surface area contributed by atoms with E-state index in [2.05, 4.69) is 6.92 Å². The van der Waals surface area contributed by atoms with Crippen molar-refractivity contribution in [2.24, 2.45) is 0 Å². The Hall–Kier alpha value is -2.28. The van der Waals surface area contributed by atoms with Crippen LogP contribution in [0.4, 0.5) is 13.2 Å². The zero-order valence-corrected chi connectivity index (χ0v) is 14.9. The van der Waals surface area contributed by atoms with Crippen LogP contribution in [0.15, 0.2) is 24.3 Å². The topological polar surface area (TPSA) is 23.8 Å². The fourth-order valence-corrected chi connectivity index (χ4v) is 3.89. The lowest BCUT2D eigenvalue weighted by molar-refractivity contribution is 0.480. The highest BCUT2D eigenvalue weighted by Crippen LogP contribution is 2.37. The maximum Gasteiger partial charge on any atom is 0.144 e. The largest absolute Gasteiger partial charge is 0.207 e. The van der Waals surface area contributed by atoms with E-state index < -0.39 is 17.5 Å². The van der Waals surface area contributed by atoms with Crippen molar-refractivity contribution in [1.82, 2.24) is 0 Å². The second kappa shape index (κ2) is 7.95. The maximum absolute atomic E-state index is 14.6. The second-order valence-electron chi connectivity index (χ2n) is 7.05. The molecule has 0 radical (unpaired) electrons. The number of aryl methyl sites for hydroxylation is 1. The Balaban J connectivity index is 1.85. The van der Waals surface area contributed by atoms with Gasteiger partial charge >= 0.3 is 0 Å². The average Bonchev–Trinajstić information content (AvgIpc) is 2.62. The highest BCUT2D eigenvalue weighted by atomic mass is 19.1. The highest BCUT2D eigenvalue weighted by Gasteiger charge is 2.28. The van der Waals surface area contributed by atoms with Crippen LogP contribution in [0, 0.1) is 28.8 Å². The van der Waals surface area contributed by atoms with Crippen molar-refractivity contribution in [1.29, 1.82) is 5.26 Å². The Morgan fingerprint density at radius 2 is 1.85 bits per heavy atom. The van der Waals surface area contributed by atoms with Gasteiger partial charge in [0.05, 0.1) is 5.56 Å². The smallest absolute Gasteiger partial charge is 0.144 e. The first kappa shape index (κ1) is 18.5. The van der Waals surface area contributed by atoms with Crippen molar-refractivity contribution in [2.75, 3.05) is 0 Å². The van der Waals surface area contributed by atoms with E-state index in [0.29, 0.717) is 36.8 Å². The maximum atomic E-state index is 14.6. The van der Waals surface area contributed by atoms with Gasteiger partial charge < -0.3 is 0 Å². The van der Waals surface area contributed by atoms with E-state index in [-0.39, 0.29) is 17.0 Å². The number of benzene rings is 2. The van der Waals surface area contributed by atoms with Gasteiger partial charge in [0, 0.05) is 5.56 Å². The van der Waals surface area contributed by atoms with Crippen LogP contribution >= 0.6 is 0 Å². The number of rotatable bonds is 5. The molecule has 0 aromatic heterocycles. The summed E-state index contributed by atoms with van der Waals surface area (Å²) in [4.78, 5) is 0. The average molecular weight is 357 g/mol. The van der Waals surface area contributed by atoms with Gasteiger partial charge in [-0.25, -0.2) is 13.2 Å². The van der Waals surface area contributed by atoms with Crippen molar-refractivity contribution in [3.8, 4) is 6.07 Å². The molecule has 0 heterocycles. The summed E-state index contributed by atoms with van der Waals surface area (Å²) in [5.41, 5.74) is 2.08. The lowest BCUT2D eigenvalue weighted by atomic mass is 9.79. The van der Waals surface area contributed by atoms with Gasteiger partial charge in [-0.2, -0.15) is 5.26 Å². The summed E-state index contributed by atoms with van der Waals surface area (Å²) >= 11 is 0. The summed E-state index contributed by atoms with van der Waals surface area (Å²) < 4.78 is 43.5. The first-order chi connectivity index (χ1) is 12.5. The highest BCUT2D eigenvalue weighted by molar-refractivity contribution is 5.43. The van der Waals surface area contributed by atoms with Gasteiger partial charge in [0.15, 0.2) is 0 Å². The van der Waals surface area contributed by atoms with E-state index >= 15 is 0 Å². The SMILES string of the molecule is CCCCCc1cc(F)c(C2CCc3c(ccc(C#N)c3F)C2)c(F)c1. The third-order valence-electron chi connectivity index (χ3n) is 5.29. The van der Waals surface area contributed by atoms with E-state index in [4.69, 9.17) is 5.26 Å². The third-order valence-corrected chi connectivity index (χ3v) is 5.29. The van der Waals surface area contributed by atoms with E-state index in [1.807, 2.05) is 6.07 Å². The van der Waals surface area contributed by atoms with E-state index in [0.717, 1.165) is 24.8 Å². The van der Waals surface area contributed by atoms with Gasteiger partial charge in [-0.1, -0.05) is 25.8 Å². The van der Waals surface area contributed by atoms with E-state index in [9.17, 15) is 13.2 Å². The van der Waals surface area contributed by atoms with Gasteiger partial charge in [-0.05, 0) is 72.9 Å². The number of nitriles is 1. The summed E-state index contributed by atoms with van der Waals surface area (Å²) in [5.74, 6) is -1.80. The Morgan fingerprint density at radius 1 is 1.12 bits per heavy atom. The number of nitrogens with zero attached hydrogens (tertiary/aromatic N) is 1. The lowest BCUT2D eigenvalue weighted by Gasteiger charge is -2.26. The molecule has 1 atom stereocenters. The molecule has 0 bridgehead atoms. The predicted octanol–water partition coefficient (Wildman–Crippen LogP) is 5.98. The van der Waals surface area contributed by atoms with Crippen molar-refractivity contribution in [3.05, 3.63) is 69.5 Å². The minimum atomic E-state index is -0.501. The lowest BCUT2D eigenvalue weighted by Crippen LogP contribution is -2.17. The Morgan fingerprint density at radius 3 is 2.50 bits per heavy atom. The number of hydrogen-bond acceptors (Lipinski definition) is 1. The van der Waals surface area contributed by atoms with Crippen molar-refractivity contribution >= 4 is 0 Å². The quantitative estimate of drug-likeness (QED) is 0.604. The molecule has 0 N–H and O–H groups in total. The normalized spacial score (nSPS) is 16.2. The zero-order chi connectivity index (χ0) is 18.7. The van der Waals surface area contributed by atoms with Gasteiger partial charge in [0.25, 0.3) is 0 Å². The van der Waals surface area contributed by atoms with Crippen LogP contribution in [0.3, 0.4) is 0 Å². The van der Waals surface area contributed by atoms with Crippen molar-refractivity contribution < 1.29 is 13.2 Å². The molecule has 0 saturated carbocycles. The molecule has 1 aliphatic rings. The minimum absolute atomic E-state index is 0.0241. The fourth-order valence-electron chi connectivity index (χ4n) is 3.89. The molecule has 1 unspecified atom stereocenters. The third kappa shape index (κ3) is 3.62. The van der Waals surface area contributed by atoms with Gasteiger partial charge in [0.1, 0.15) is 23.5 Å².